The van der Waals surface area contributed by atoms with E-state index >= 15 is 0 Å². The van der Waals surface area contributed by atoms with E-state index in [9.17, 15) is 4.79 Å². The van der Waals surface area contributed by atoms with Crippen LogP contribution in [0.2, 0.25) is 5.02 Å². The van der Waals surface area contributed by atoms with Crippen LogP contribution in [0.3, 0.4) is 0 Å². The molecule has 0 unspecified atom stereocenters. The predicted octanol–water partition coefficient (Wildman–Crippen LogP) is 3.85. The van der Waals surface area contributed by atoms with Gasteiger partial charge in [-0.15, -0.1) is 0 Å². The molecule has 1 aromatic heterocycles. The number of hydrogen-bond donors (Lipinski definition) is 0. The molecule has 0 radical (unpaired) electrons. The molecule has 7 heteroatoms. The third-order valence-electron chi connectivity index (χ3n) is 4.78. The molecular weight excluding hydrogens is 394 g/mol. The van der Waals surface area contributed by atoms with E-state index in [0.29, 0.717) is 15.6 Å². The monoisotopic (exact) mass is 415 g/mol. The highest BCUT2D eigenvalue weighted by Crippen LogP contribution is 2.23. The maximum atomic E-state index is 13.2. The van der Waals surface area contributed by atoms with E-state index in [1.165, 1.54) is 0 Å². The second-order valence-corrected chi connectivity index (χ2v) is 8.18. The van der Waals surface area contributed by atoms with Gasteiger partial charge in [0.1, 0.15) is 0 Å². The highest BCUT2D eigenvalue weighted by atomic mass is 35.5. The van der Waals surface area contributed by atoms with E-state index in [2.05, 4.69) is 4.90 Å². The first kappa shape index (κ1) is 19.5. The van der Waals surface area contributed by atoms with Gasteiger partial charge in [-0.25, -0.2) is 4.98 Å². The summed E-state index contributed by atoms with van der Waals surface area (Å²) in [6, 6.07) is 14.8. The molecule has 0 N–H and O–H groups in total. The van der Waals surface area contributed by atoms with Crippen LogP contribution in [0.25, 0.3) is 16.6 Å². The van der Waals surface area contributed by atoms with Crippen LogP contribution in [0.5, 0.6) is 0 Å². The van der Waals surface area contributed by atoms with Crippen LogP contribution in [0, 0.1) is 0 Å². The quantitative estimate of drug-likeness (QED) is 0.347. The van der Waals surface area contributed by atoms with Crippen molar-refractivity contribution in [3.63, 3.8) is 0 Å². The van der Waals surface area contributed by atoms with Crippen LogP contribution in [0.1, 0.15) is 6.42 Å². The lowest BCUT2D eigenvalue weighted by molar-refractivity contribution is 0.0381. The standard InChI is InChI=1S/C21H22ClN3O2S/c22-16-6-8-17(9-7-16)25-20(26)18-4-1-2-5-19(18)23-21(25)28-15-3-10-24-11-13-27-14-12-24/h1-2,4-9H,3,10-15H2. The second-order valence-electron chi connectivity index (χ2n) is 6.68. The van der Waals surface area contributed by atoms with Crippen molar-refractivity contribution in [3.8, 4) is 5.69 Å². The fourth-order valence-corrected chi connectivity index (χ4v) is 4.37. The highest BCUT2D eigenvalue weighted by molar-refractivity contribution is 7.99. The van der Waals surface area contributed by atoms with E-state index in [1.54, 1.807) is 28.5 Å². The van der Waals surface area contributed by atoms with Crippen LogP contribution in [-0.2, 0) is 4.74 Å². The summed E-state index contributed by atoms with van der Waals surface area (Å²) < 4.78 is 7.09. The van der Waals surface area contributed by atoms with Gasteiger partial charge in [0.2, 0.25) is 0 Å². The first-order chi connectivity index (χ1) is 13.7. The van der Waals surface area contributed by atoms with E-state index in [1.807, 2.05) is 36.4 Å². The zero-order valence-corrected chi connectivity index (χ0v) is 17.1. The minimum Gasteiger partial charge on any atom is -0.379 e. The van der Waals surface area contributed by atoms with Gasteiger partial charge in [0.25, 0.3) is 5.56 Å². The number of benzene rings is 2. The van der Waals surface area contributed by atoms with Crippen molar-refractivity contribution in [3.05, 3.63) is 63.9 Å². The molecule has 0 spiro atoms. The van der Waals surface area contributed by atoms with Crippen LogP contribution >= 0.6 is 23.4 Å². The normalized spacial score (nSPS) is 15.2. The van der Waals surface area contributed by atoms with Gasteiger partial charge in [-0.3, -0.25) is 14.3 Å². The summed E-state index contributed by atoms with van der Waals surface area (Å²) in [7, 11) is 0. The molecule has 2 heterocycles. The fourth-order valence-electron chi connectivity index (χ4n) is 3.30. The zero-order valence-electron chi connectivity index (χ0n) is 15.5. The maximum Gasteiger partial charge on any atom is 0.266 e. The Hall–Kier alpha value is -1.86. The number of para-hydroxylation sites is 1. The van der Waals surface area contributed by atoms with Gasteiger partial charge in [-0.2, -0.15) is 0 Å². The molecule has 1 fully saturated rings. The van der Waals surface area contributed by atoms with Gasteiger partial charge in [0.05, 0.1) is 29.8 Å². The van der Waals surface area contributed by atoms with E-state index in [-0.39, 0.29) is 5.56 Å². The van der Waals surface area contributed by atoms with Crippen molar-refractivity contribution in [1.29, 1.82) is 0 Å². The Morgan fingerprint density at radius 1 is 1.07 bits per heavy atom. The van der Waals surface area contributed by atoms with Crippen molar-refractivity contribution in [2.75, 3.05) is 38.6 Å². The molecule has 4 rings (SSSR count). The molecule has 28 heavy (non-hydrogen) atoms. The summed E-state index contributed by atoms with van der Waals surface area (Å²) in [6.07, 6.45) is 1.04. The van der Waals surface area contributed by atoms with Crippen molar-refractivity contribution in [1.82, 2.24) is 14.5 Å². The Morgan fingerprint density at radius 3 is 2.61 bits per heavy atom. The molecule has 0 aliphatic carbocycles. The van der Waals surface area contributed by atoms with Crippen molar-refractivity contribution in [2.24, 2.45) is 0 Å². The lowest BCUT2D eigenvalue weighted by atomic mass is 10.2. The molecule has 5 nitrogen and oxygen atoms in total. The summed E-state index contributed by atoms with van der Waals surface area (Å²) in [5.41, 5.74) is 1.46. The van der Waals surface area contributed by atoms with Gasteiger partial charge in [0.15, 0.2) is 5.16 Å². The number of ether oxygens (including phenoxy) is 1. The van der Waals surface area contributed by atoms with Crippen LogP contribution in [0.4, 0.5) is 0 Å². The smallest absolute Gasteiger partial charge is 0.266 e. The van der Waals surface area contributed by atoms with Gasteiger partial charge in [0, 0.05) is 23.9 Å². The third kappa shape index (κ3) is 4.41. The Labute approximate surface area is 173 Å². The topological polar surface area (TPSA) is 47.4 Å². The summed E-state index contributed by atoms with van der Waals surface area (Å²) in [5.74, 6) is 0.899. The number of hydrogen-bond acceptors (Lipinski definition) is 5. The highest BCUT2D eigenvalue weighted by Gasteiger charge is 2.14. The lowest BCUT2D eigenvalue weighted by Crippen LogP contribution is -2.37. The number of nitrogens with zero attached hydrogens (tertiary/aromatic N) is 3. The molecule has 1 saturated heterocycles. The van der Waals surface area contributed by atoms with Gasteiger partial charge in [-0.05, 0) is 49.4 Å². The predicted molar refractivity (Wildman–Crippen MR) is 115 cm³/mol. The van der Waals surface area contributed by atoms with E-state index in [4.69, 9.17) is 21.3 Å². The number of rotatable bonds is 6. The maximum absolute atomic E-state index is 13.2. The molecule has 1 aliphatic heterocycles. The molecule has 1 aliphatic rings. The Balaban J connectivity index is 1.59. The third-order valence-corrected chi connectivity index (χ3v) is 6.06. The van der Waals surface area contributed by atoms with Crippen molar-refractivity contribution >= 4 is 34.3 Å². The molecule has 0 saturated carbocycles. The molecule has 0 atom stereocenters. The first-order valence-electron chi connectivity index (χ1n) is 9.43. The number of morpholine rings is 1. The van der Waals surface area contributed by atoms with Crippen LogP contribution in [0.15, 0.2) is 58.5 Å². The van der Waals surface area contributed by atoms with E-state index in [0.717, 1.165) is 56.2 Å². The Morgan fingerprint density at radius 2 is 1.82 bits per heavy atom. The molecule has 3 aromatic rings. The summed E-state index contributed by atoms with van der Waals surface area (Å²) >= 11 is 7.65. The van der Waals surface area contributed by atoms with Gasteiger partial charge >= 0.3 is 0 Å². The van der Waals surface area contributed by atoms with E-state index < -0.39 is 0 Å². The van der Waals surface area contributed by atoms with Crippen LogP contribution < -0.4 is 5.56 Å². The minimum atomic E-state index is -0.0522. The number of fused-ring (bicyclic) bond motifs is 1. The largest absolute Gasteiger partial charge is 0.379 e. The SMILES string of the molecule is O=c1c2ccccc2nc(SCCCN2CCOCC2)n1-c1ccc(Cl)cc1. The number of thioether (sulfide) groups is 1. The second kappa shape index (κ2) is 9.09. The van der Waals surface area contributed by atoms with Crippen molar-refractivity contribution in [2.45, 2.75) is 11.6 Å². The van der Waals surface area contributed by atoms with Crippen molar-refractivity contribution < 1.29 is 4.74 Å². The Kier molecular flexibility index (Phi) is 6.32. The summed E-state index contributed by atoms with van der Waals surface area (Å²) in [6.45, 7) is 4.66. The average Bonchev–Trinajstić information content (AvgIpc) is 2.73. The molecule has 2 aromatic carbocycles. The summed E-state index contributed by atoms with van der Waals surface area (Å²) in [5, 5.41) is 1.98. The lowest BCUT2D eigenvalue weighted by Gasteiger charge is -2.26. The minimum absolute atomic E-state index is 0.0522. The first-order valence-corrected chi connectivity index (χ1v) is 10.8. The fraction of sp³-hybridized carbons (Fsp3) is 0.333. The molecular formula is C21H22ClN3O2S. The van der Waals surface area contributed by atoms with Gasteiger partial charge < -0.3 is 4.74 Å². The average molecular weight is 416 g/mol. The summed E-state index contributed by atoms with van der Waals surface area (Å²) in [4.78, 5) is 20.4. The van der Waals surface area contributed by atoms with Crippen LogP contribution in [-0.4, -0.2) is 53.1 Å². The molecule has 0 amide bonds. The Bertz CT molecular complexity index is 1000. The number of halogens is 1. The zero-order chi connectivity index (χ0) is 19.3. The van der Waals surface area contributed by atoms with Gasteiger partial charge in [-0.1, -0.05) is 35.5 Å². The number of aromatic nitrogens is 2. The molecule has 146 valence electrons. The molecule has 0 bridgehead atoms.